The largest absolute Gasteiger partial charge is 0.497 e. The Morgan fingerprint density at radius 3 is 3.00 bits per heavy atom. The van der Waals surface area contributed by atoms with Gasteiger partial charge in [-0.1, -0.05) is 18.3 Å². The lowest BCUT2D eigenvalue weighted by molar-refractivity contribution is 0.415. The van der Waals surface area contributed by atoms with Crippen molar-refractivity contribution < 1.29 is 4.74 Å². The first-order chi connectivity index (χ1) is 5.36. The molecular weight excluding hydrogens is 158 g/mol. The highest BCUT2D eigenvalue weighted by Crippen LogP contribution is 2.15. The average Bonchev–Trinajstić information content (AvgIpc) is 2.06. The molecule has 58 valence electrons. The van der Waals surface area contributed by atoms with Crippen molar-refractivity contribution in [3.05, 3.63) is 24.3 Å². The van der Waals surface area contributed by atoms with Crippen LogP contribution in [0, 0.1) is 0 Å². The maximum atomic E-state index is 5.01. The molecule has 0 aromatic heterocycles. The van der Waals surface area contributed by atoms with E-state index >= 15 is 0 Å². The summed E-state index contributed by atoms with van der Waals surface area (Å²) in [6.45, 7) is 0. The Balaban J connectivity index is 2.82. The van der Waals surface area contributed by atoms with Gasteiger partial charge in [-0.15, -0.1) is 0 Å². The van der Waals surface area contributed by atoms with Gasteiger partial charge in [-0.3, -0.25) is 0 Å². The first-order valence-corrected chi connectivity index (χ1v) is 3.68. The minimum absolute atomic E-state index is 0.826. The van der Waals surface area contributed by atoms with Crippen LogP contribution in [0.15, 0.2) is 24.3 Å². The molecule has 1 rings (SSSR count). The summed E-state index contributed by atoms with van der Waals surface area (Å²) in [4.78, 5) is 0. The summed E-state index contributed by atoms with van der Waals surface area (Å²) in [5, 5.41) is 2.89. The molecule has 0 saturated heterocycles. The Morgan fingerprint density at radius 1 is 1.55 bits per heavy atom. The molecule has 0 fully saturated rings. The molecule has 0 saturated carbocycles. The molecule has 0 radical (unpaired) electrons. The van der Waals surface area contributed by atoms with Gasteiger partial charge < -0.3 is 10.1 Å². The molecule has 0 bridgehead atoms. The van der Waals surface area contributed by atoms with Gasteiger partial charge in [0.1, 0.15) is 5.75 Å². The molecule has 3 heteroatoms. The number of hydrogen-bond donors (Lipinski definition) is 1. The summed E-state index contributed by atoms with van der Waals surface area (Å²) in [6.07, 6.45) is 0. The van der Waals surface area contributed by atoms with Crippen LogP contribution in [0.3, 0.4) is 0 Å². The van der Waals surface area contributed by atoms with Gasteiger partial charge in [0.15, 0.2) is 0 Å². The smallest absolute Gasteiger partial charge is 0.120 e. The Hall–Kier alpha value is -1.09. The molecule has 0 spiro atoms. The first-order valence-electron chi connectivity index (χ1n) is 3.21. The van der Waals surface area contributed by atoms with Gasteiger partial charge in [0, 0.05) is 11.8 Å². The summed E-state index contributed by atoms with van der Waals surface area (Å²) in [7, 11) is 1.64. The molecule has 1 aromatic carbocycles. The topological polar surface area (TPSA) is 21.3 Å². The van der Waals surface area contributed by atoms with E-state index in [9.17, 15) is 0 Å². The van der Waals surface area contributed by atoms with Gasteiger partial charge in [0.25, 0.3) is 0 Å². The van der Waals surface area contributed by atoms with Crippen LogP contribution in [-0.2, 0) is 0 Å². The zero-order valence-electron chi connectivity index (χ0n) is 6.20. The number of ether oxygens (including phenoxy) is 1. The fourth-order valence-electron chi connectivity index (χ4n) is 0.781. The van der Waals surface area contributed by atoms with E-state index in [1.807, 2.05) is 24.3 Å². The minimum Gasteiger partial charge on any atom is -0.497 e. The predicted molar refractivity (Wildman–Crippen MR) is 50.3 cm³/mol. The molecule has 0 aliphatic rings. The summed E-state index contributed by atoms with van der Waals surface area (Å²) in [5.41, 5.74) is 2.41. The maximum absolute atomic E-state index is 5.01. The van der Waals surface area contributed by atoms with Crippen LogP contribution in [0.1, 0.15) is 0 Å². The monoisotopic (exact) mass is 167 g/mol. The molecule has 0 amide bonds. The van der Waals surface area contributed by atoms with Crippen LogP contribution in [0.5, 0.6) is 5.75 Å². The maximum Gasteiger partial charge on any atom is 0.120 e. The van der Waals surface area contributed by atoms with Crippen molar-refractivity contribution in [3.8, 4) is 5.75 Å². The van der Waals surface area contributed by atoms with Gasteiger partial charge in [-0.05, 0) is 12.1 Å². The van der Waals surface area contributed by atoms with Gasteiger partial charge in [0.2, 0.25) is 0 Å². The van der Waals surface area contributed by atoms with Crippen molar-refractivity contribution in [1.29, 1.82) is 0 Å². The average molecular weight is 167 g/mol. The van der Waals surface area contributed by atoms with Crippen molar-refractivity contribution in [2.24, 2.45) is 0 Å². The second-order valence-electron chi connectivity index (χ2n) is 1.99. The highest BCUT2D eigenvalue weighted by Gasteiger charge is 1.91. The van der Waals surface area contributed by atoms with E-state index in [1.165, 1.54) is 5.49 Å². The molecule has 0 unspecified atom stereocenters. The molecule has 1 N–H and O–H groups in total. The van der Waals surface area contributed by atoms with E-state index in [-0.39, 0.29) is 0 Å². The second-order valence-corrected chi connectivity index (χ2v) is 2.23. The van der Waals surface area contributed by atoms with Crippen LogP contribution in [0.2, 0.25) is 0 Å². The lowest BCUT2D eigenvalue weighted by atomic mass is 10.3. The zero-order valence-corrected chi connectivity index (χ0v) is 7.02. The molecule has 0 aliphatic carbocycles. The molecule has 1 aromatic rings. The van der Waals surface area contributed by atoms with E-state index < -0.39 is 0 Å². The van der Waals surface area contributed by atoms with E-state index in [0.29, 0.717) is 0 Å². The molecule has 2 nitrogen and oxygen atoms in total. The zero-order chi connectivity index (χ0) is 8.10. The predicted octanol–water partition coefficient (Wildman–Crippen LogP) is 2.06. The third-order valence-electron chi connectivity index (χ3n) is 1.30. The molecule has 0 atom stereocenters. The Labute approximate surface area is 71.2 Å². The fourth-order valence-corrected chi connectivity index (χ4v) is 0.917. The molecule has 11 heavy (non-hydrogen) atoms. The third-order valence-corrected chi connectivity index (χ3v) is 1.41. The molecule has 0 heterocycles. The quantitative estimate of drug-likeness (QED) is 0.696. The van der Waals surface area contributed by atoms with Crippen molar-refractivity contribution in [3.63, 3.8) is 0 Å². The fraction of sp³-hybridized carbons (Fsp3) is 0.125. The summed E-state index contributed by atoms with van der Waals surface area (Å²) < 4.78 is 5.01. The van der Waals surface area contributed by atoms with Gasteiger partial charge in [-0.25, -0.2) is 0 Å². The van der Waals surface area contributed by atoms with Crippen molar-refractivity contribution in [2.45, 2.75) is 0 Å². The van der Waals surface area contributed by atoms with E-state index in [4.69, 9.17) is 4.74 Å². The molecular formula is C8H9NOS. The normalized spacial score (nSPS) is 8.82. The highest BCUT2D eigenvalue weighted by molar-refractivity contribution is 7.79. The summed E-state index contributed by atoms with van der Waals surface area (Å²) in [5.74, 6) is 0.826. The number of anilines is 1. The van der Waals surface area contributed by atoms with E-state index in [2.05, 4.69) is 17.5 Å². The van der Waals surface area contributed by atoms with Gasteiger partial charge in [-0.2, -0.15) is 0 Å². The van der Waals surface area contributed by atoms with Gasteiger partial charge >= 0.3 is 0 Å². The second kappa shape index (κ2) is 3.93. The van der Waals surface area contributed by atoms with Crippen LogP contribution >= 0.6 is 12.2 Å². The van der Waals surface area contributed by atoms with E-state index in [0.717, 1.165) is 11.4 Å². The highest BCUT2D eigenvalue weighted by atomic mass is 32.1. The Bertz CT molecular complexity index is 250. The van der Waals surface area contributed by atoms with Crippen LogP contribution in [-0.4, -0.2) is 12.6 Å². The number of hydrogen-bond acceptors (Lipinski definition) is 2. The van der Waals surface area contributed by atoms with Crippen molar-refractivity contribution in [2.75, 3.05) is 12.4 Å². The van der Waals surface area contributed by atoms with Gasteiger partial charge in [0.05, 0.1) is 12.6 Å². The SMILES string of the molecule is COc1cccc(NC=S)c1. The lowest BCUT2D eigenvalue weighted by Crippen LogP contribution is -1.91. The van der Waals surface area contributed by atoms with Crippen molar-refractivity contribution >= 4 is 23.4 Å². The molecule has 0 aliphatic heterocycles. The van der Waals surface area contributed by atoms with Crippen LogP contribution in [0.4, 0.5) is 5.69 Å². The summed E-state index contributed by atoms with van der Waals surface area (Å²) in [6, 6.07) is 7.59. The van der Waals surface area contributed by atoms with Crippen molar-refractivity contribution in [1.82, 2.24) is 0 Å². The summed E-state index contributed by atoms with van der Waals surface area (Å²) >= 11 is 4.64. The number of rotatable bonds is 3. The lowest BCUT2D eigenvalue weighted by Gasteiger charge is -2.02. The first kappa shape index (κ1) is 8.01. The number of methoxy groups -OCH3 is 1. The Kier molecular flexibility index (Phi) is 2.86. The standard InChI is InChI=1S/C8H9NOS/c1-10-8-4-2-3-7(5-8)9-6-11/h2-6H,1H3,(H,9,11). The minimum atomic E-state index is 0.826. The Morgan fingerprint density at radius 2 is 2.36 bits per heavy atom. The number of thiocarbonyl (C=S) groups is 1. The third kappa shape index (κ3) is 2.20. The number of benzene rings is 1. The number of nitrogens with one attached hydrogen (secondary N) is 1. The van der Waals surface area contributed by atoms with E-state index in [1.54, 1.807) is 7.11 Å². The van der Waals surface area contributed by atoms with Crippen LogP contribution in [0.25, 0.3) is 0 Å². The van der Waals surface area contributed by atoms with Crippen LogP contribution < -0.4 is 10.1 Å².